The number of carbonyl (C=O) groups is 1. The van der Waals surface area contributed by atoms with Gasteiger partial charge in [-0.05, 0) is 24.6 Å². The number of nitrogens with one attached hydrogen (secondary N) is 1. The molecule has 0 unspecified atom stereocenters. The van der Waals surface area contributed by atoms with Crippen molar-refractivity contribution in [1.82, 2.24) is 5.43 Å². The Morgan fingerprint density at radius 1 is 1.17 bits per heavy atom. The van der Waals surface area contributed by atoms with Crippen molar-refractivity contribution >= 4 is 17.3 Å². The molecule has 0 saturated heterocycles. The molecule has 7 heteroatoms. The molecule has 0 atom stereocenters. The summed E-state index contributed by atoms with van der Waals surface area (Å²) in [4.78, 5) is 22.4. The van der Waals surface area contributed by atoms with Crippen molar-refractivity contribution < 1.29 is 14.8 Å². The standard InChI is InChI=1S/C16H15N3O4/c1-2-13(11-7-4-6-10-15(11)20)17-18-16(21)12-8-3-5-9-14(12)19(22)23/h3-10,20H,2H2,1H3,(H,18,21). The minimum absolute atomic E-state index is 0.0491. The summed E-state index contributed by atoms with van der Waals surface area (Å²) in [6, 6.07) is 12.2. The number of rotatable bonds is 5. The fraction of sp³-hybridized carbons (Fsp3) is 0.125. The highest BCUT2D eigenvalue weighted by Crippen LogP contribution is 2.19. The Balaban J connectivity index is 2.26. The first-order valence-electron chi connectivity index (χ1n) is 6.93. The van der Waals surface area contributed by atoms with Gasteiger partial charge in [-0.15, -0.1) is 0 Å². The molecule has 0 aromatic heterocycles. The summed E-state index contributed by atoms with van der Waals surface area (Å²) in [6.45, 7) is 1.82. The van der Waals surface area contributed by atoms with Crippen molar-refractivity contribution in [2.75, 3.05) is 0 Å². The zero-order valence-electron chi connectivity index (χ0n) is 12.4. The molecule has 0 heterocycles. The summed E-state index contributed by atoms with van der Waals surface area (Å²) in [5.41, 5.74) is 2.90. The van der Waals surface area contributed by atoms with Gasteiger partial charge in [0.05, 0.1) is 10.6 Å². The molecule has 7 nitrogen and oxygen atoms in total. The van der Waals surface area contributed by atoms with Crippen molar-refractivity contribution in [3.63, 3.8) is 0 Å². The second-order valence-corrected chi connectivity index (χ2v) is 4.64. The maximum absolute atomic E-state index is 12.1. The van der Waals surface area contributed by atoms with Crippen LogP contribution in [0.5, 0.6) is 5.75 Å². The van der Waals surface area contributed by atoms with E-state index in [-0.39, 0.29) is 17.0 Å². The first-order valence-corrected chi connectivity index (χ1v) is 6.93. The summed E-state index contributed by atoms with van der Waals surface area (Å²) in [6.07, 6.45) is 0.467. The molecule has 0 radical (unpaired) electrons. The summed E-state index contributed by atoms with van der Waals surface area (Å²) in [5, 5.41) is 24.8. The van der Waals surface area contributed by atoms with E-state index >= 15 is 0 Å². The number of phenols is 1. The van der Waals surface area contributed by atoms with Gasteiger partial charge in [0.1, 0.15) is 11.3 Å². The van der Waals surface area contributed by atoms with Gasteiger partial charge in [0, 0.05) is 11.6 Å². The summed E-state index contributed by atoms with van der Waals surface area (Å²) in [7, 11) is 0. The van der Waals surface area contributed by atoms with Crippen LogP contribution in [0.25, 0.3) is 0 Å². The van der Waals surface area contributed by atoms with Crippen LogP contribution in [-0.4, -0.2) is 21.6 Å². The fourth-order valence-corrected chi connectivity index (χ4v) is 2.05. The number of hydrogen-bond acceptors (Lipinski definition) is 5. The van der Waals surface area contributed by atoms with E-state index in [4.69, 9.17) is 0 Å². The highest BCUT2D eigenvalue weighted by molar-refractivity contribution is 6.04. The Morgan fingerprint density at radius 3 is 2.39 bits per heavy atom. The van der Waals surface area contributed by atoms with E-state index in [0.29, 0.717) is 17.7 Å². The molecule has 0 saturated carbocycles. The number of hydrogen-bond donors (Lipinski definition) is 2. The van der Waals surface area contributed by atoms with E-state index in [1.165, 1.54) is 30.3 Å². The Morgan fingerprint density at radius 2 is 1.78 bits per heavy atom. The average molecular weight is 313 g/mol. The SMILES string of the molecule is CCC(=NNC(=O)c1ccccc1[N+](=O)[O-])c1ccccc1O. The quantitative estimate of drug-likeness (QED) is 0.503. The maximum atomic E-state index is 12.1. The largest absolute Gasteiger partial charge is 0.507 e. The van der Waals surface area contributed by atoms with Crippen LogP contribution in [0.4, 0.5) is 5.69 Å². The van der Waals surface area contributed by atoms with Gasteiger partial charge < -0.3 is 5.11 Å². The van der Waals surface area contributed by atoms with Crippen LogP contribution in [0, 0.1) is 10.1 Å². The zero-order chi connectivity index (χ0) is 16.8. The topological polar surface area (TPSA) is 105 Å². The lowest BCUT2D eigenvalue weighted by Crippen LogP contribution is -2.21. The molecule has 0 aliphatic carbocycles. The van der Waals surface area contributed by atoms with Gasteiger partial charge in [0.25, 0.3) is 11.6 Å². The molecular weight excluding hydrogens is 298 g/mol. The first kappa shape index (κ1) is 16.2. The van der Waals surface area contributed by atoms with Gasteiger partial charge in [0.2, 0.25) is 0 Å². The zero-order valence-corrected chi connectivity index (χ0v) is 12.4. The Hall–Kier alpha value is -3.22. The van der Waals surface area contributed by atoms with Crippen molar-refractivity contribution in [2.24, 2.45) is 5.10 Å². The van der Waals surface area contributed by atoms with Gasteiger partial charge >= 0.3 is 0 Å². The molecule has 2 rings (SSSR count). The third-order valence-corrected chi connectivity index (χ3v) is 3.19. The number of hydrazone groups is 1. The number of nitro benzene ring substituents is 1. The number of nitro groups is 1. The highest BCUT2D eigenvalue weighted by atomic mass is 16.6. The van der Waals surface area contributed by atoms with Gasteiger partial charge in [-0.1, -0.05) is 31.2 Å². The molecule has 2 aromatic carbocycles. The van der Waals surface area contributed by atoms with E-state index in [1.807, 2.05) is 6.92 Å². The van der Waals surface area contributed by atoms with Gasteiger partial charge in [-0.3, -0.25) is 14.9 Å². The molecule has 0 aliphatic rings. The number of phenolic OH excluding ortho intramolecular Hbond substituents is 1. The fourth-order valence-electron chi connectivity index (χ4n) is 2.05. The molecule has 2 N–H and O–H groups in total. The van der Waals surface area contributed by atoms with E-state index in [0.717, 1.165) is 0 Å². The maximum Gasteiger partial charge on any atom is 0.282 e. The lowest BCUT2D eigenvalue weighted by Gasteiger charge is -2.07. The summed E-state index contributed by atoms with van der Waals surface area (Å²) in [5.74, 6) is -0.633. The van der Waals surface area contributed by atoms with Crippen molar-refractivity contribution in [3.8, 4) is 5.75 Å². The van der Waals surface area contributed by atoms with Gasteiger partial charge in [0.15, 0.2) is 0 Å². The van der Waals surface area contributed by atoms with Crippen molar-refractivity contribution in [2.45, 2.75) is 13.3 Å². The minimum Gasteiger partial charge on any atom is -0.507 e. The summed E-state index contributed by atoms with van der Waals surface area (Å²) >= 11 is 0. The minimum atomic E-state index is -0.682. The lowest BCUT2D eigenvalue weighted by atomic mass is 10.1. The van der Waals surface area contributed by atoms with Crippen LogP contribution in [-0.2, 0) is 0 Å². The molecule has 0 aliphatic heterocycles. The predicted octanol–water partition coefficient (Wildman–Crippen LogP) is 2.84. The van der Waals surface area contributed by atoms with Crippen LogP contribution in [0.2, 0.25) is 0 Å². The number of benzene rings is 2. The van der Waals surface area contributed by atoms with E-state index in [9.17, 15) is 20.0 Å². The van der Waals surface area contributed by atoms with Crippen LogP contribution >= 0.6 is 0 Å². The second kappa shape index (κ2) is 7.17. The number of para-hydroxylation sites is 2. The number of carbonyl (C=O) groups excluding carboxylic acids is 1. The average Bonchev–Trinajstić information content (AvgIpc) is 2.56. The molecule has 0 spiro atoms. The predicted molar refractivity (Wildman–Crippen MR) is 85.5 cm³/mol. The molecule has 1 amide bonds. The molecule has 0 fully saturated rings. The van der Waals surface area contributed by atoms with Crippen molar-refractivity contribution in [3.05, 3.63) is 69.8 Å². The van der Waals surface area contributed by atoms with Gasteiger partial charge in [-0.2, -0.15) is 5.10 Å². The second-order valence-electron chi connectivity index (χ2n) is 4.64. The molecular formula is C16H15N3O4. The smallest absolute Gasteiger partial charge is 0.282 e. The molecule has 2 aromatic rings. The third kappa shape index (κ3) is 3.70. The Bertz CT molecular complexity index is 771. The normalized spacial score (nSPS) is 11.1. The number of aromatic hydroxyl groups is 1. The van der Waals surface area contributed by atoms with Crippen LogP contribution in [0.1, 0.15) is 29.3 Å². The molecule has 23 heavy (non-hydrogen) atoms. The van der Waals surface area contributed by atoms with E-state index in [1.54, 1.807) is 18.2 Å². The highest BCUT2D eigenvalue weighted by Gasteiger charge is 2.19. The van der Waals surface area contributed by atoms with Crippen molar-refractivity contribution in [1.29, 1.82) is 0 Å². The lowest BCUT2D eigenvalue weighted by molar-refractivity contribution is -0.385. The van der Waals surface area contributed by atoms with Crippen LogP contribution in [0.3, 0.4) is 0 Å². The van der Waals surface area contributed by atoms with E-state index < -0.39 is 10.8 Å². The monoisotopic (exact) mass is 313 g/mol. The summed E-state index contributed by atoms with van der Waals surface area (Å²) < 4.78 is 0. The van der Waals surface area contributed by atoms with Crippen LogP contribution in [0.15, 0.2) is 53.6 Å². The Kier molecular flexibility index (Phi) is 5.03. The van der Waals surface area contributed by atoms with Crippen LogP contribution < -0.4 is 5.43 Å². The van der Waals surface area contributed by atoms with Gasteiger partial charge in [-0.25, -0.2) is 5.43 Å². The number of amides is 1. The number of nitrogens with zero attached hydrogens (tertiary/aromatic N) is 2. The van der Waals surface area contributed by atoms with E-state index in [2.05, 4.69) is 10.5 Å². The third-order valence-electron chi connectivity index (χ3n) is 3.19. The Labute approximate surface area is 132 Å². The first-order chi connectivity index (χ1) is 11.0. The molecule has 118 valence electrons. The molecule has 0 bridgehead atoms.